The molecule has 6 nitrogen and oxygen atoms in total. The van der Waals surface area contributed by atoms with Crippen molar-refractivity contribution in [2.45, 2.75) is 20.3 Å². The molecule has 1 heterocycles. The Morgan fingerprint density at radius 2 is 2.25 bits per heavy atom. The minimum absolute atomic E-state index is 0.0477. The fraction of sp³-hybridized carbons (Fsp3) is 0.429. The molecular weight excluding hydrogens is 254 g/mol. The standard InChI is InChI=1S/C14H21N5O/c1-9(2)8-17-13(20)5-6-16-14-18-11-4-3-10(15)7-12(11)19-14/h3-4,7,9H,5-6,8,15H2,1-2H3,(H,17,20)(H2,16,18,19). The Morgan fingerprint density at radius 3 is 3.00 bits per heavy atom. The molecule has 2 aromatic rings. The predicted octanol–water partition coefficient (Wildman–Crippen LogP) is 1.72. The quantitative estimate of drug-likeness (QED) is 0.604. The van der Waals surface area contributed by atoms with Gasteiger partial charge in [-0.1, -0.05) is 13.8 Å². The van der Waals surface area contributed by atoms with Gasteiger partial charge in [0, 0.05) is 25.2 Å². The molecule has 0 fully saturated rings. The van der Waals surface area contributed by atoms with Crippen LogP contribution in [0, 0.1) is 5.92 Å². The van der Waals surface area contributed by atoms with E-state index in [0.717, 1.165) is 11.0 Å². The van der Waals surface area contributed by atoms with E-state index in [1.54, 1.807) is 0 Å². The maximum atomic E-state index is 11.6. The third kappa shape index (κ3) is 3.88. The number of anilines is 2. The molecule has 0 spiro atoms. The first kappa shape index (κ1) is 14.2. The molecule has 20 heavy (non-hydrogen) atoms. The van der Waals surface area contributed by atoms with E-state index in [-0.39, 0.29) is 5.91 Å². The van der Waals surface area contributed by atoms with Crippen LogP contribution in [0.15, 0.2) is 18.2 Å². The van der Waals surface area contributed by atoms with Crippen molar-refractivity contribution >= 4 is 28.6 Å². The number of carbonyl (C=O) groups excluding carboxylic acids is 1. The van der Waals surface area contributed by atoms with Crippen molar-refractivity contribution < 1.29 is 4.79 Å². The average molecular weight is 275 g/mol. The fourth-order valence-corrected chi connectivity index (χ4v) is 1.81. The van der Waals surface area contributed by atoms with Crippen molar-refractivity contribution in [3.63, 3.8) is 0 Å². The zero-order valence-corrected chi connectivity index (χ0v) is 11.9. The van der Waals surface area contributed by atoms with E-state index in [1.807, 2.05) is 18.2 Å². The molecule has 6 heteroatoms. The number of aromatic amines is 1. The fourth-order valence-electron chi connectivity index (χ4n) is 1.81. The summed E-state index contributed by atoms with van der Waals surface area (Å²) in [6, 6.07) is 5.51. The van der Waals surface area contributed by atoms with Crippen LogP contribution in [-0.4, -0.2) is 29.0 Å². The van der Waals surface area contributed by atoms with Crippen LogP contribution in [0.25, 0.3) is 11.0 Å². The topological polar surface area (TPSA) is 95.8 Å². The van der Waals surface area contributed by atoms with Gasteiger partial charge < -0.3 is 21.4 Å². The van der Waals surface area contributed by atoms with Gasteiger partial charge in [-0.2, -0.15) is 0 Å². The molecule has 1 aromatic heterocycles. The minimum Gasteiger partial charge on any atom is -0.399 e. The second kappa shape index (κ2) is 6.27. The van der Waals surface area contributed by atoms with Gasteiger partial charge >= 0.3 is 0 Å². The number of carbonyl (C=O) groups is 1. The van der Waals surface area contributed by atoms with Gasteiger partial charge in [0.05, 0.1) is 11.0 Å². The zero-order chi connectivity index (χ0) is 14.5. The van der Waals surface area contributed by atoms with E-state index in [9.17, 15) is 4.79 Å². The second-order valence-electron chi connectivity index (χ2n) is 5.24. The molecule has 108 valence electrons. The first-order chi connectivity index (χ1) is 9.54. The van der Waals surface area contributed by atoms with Gasteiger partial charge in [0.15, 0.2) is 0 Å². The number of imidazole rings is 1. The molecule has 0 bridgehead atoms. The van der Waals surface area contributed by atoms with Crippen molar-refractivity contribution in [1.82, 2.24) is 15.3 Å². The van der Waals surface area contributed by atoms with Crippen molar-refractivity contribution in [2.75, 3.05) is 24.1 Å². The molecule has 0 radical (unpaired) electrons. The summed E-state index contributed by atoms with van der Waals surface area (Å²) in [5, 5.41) is 5.98. The van der Waals surface area contributed by atoms with E-state index in [0.29, 0.717) is 37.1 Å². The minimum atomic E-state index is 0.0477. The highest BCUT2D eigenvalue weighted by atomic mass is 16.1. The summed E-state index contributed by atoms with van der Waals surface area (Å²) in [5.41, 5.74) is 8.14. The Labute approximate surface area is 118 Å². The number of benzene rings is 1. The van der Waals surface area contributed by atoms with Crippen molar-refractivity contribution in [3.05, 3.63) is 18.2 Å². The number of hydrogen-bond donors (Lipinski definition) is 4. The number of aromatic nitrogens is 2. The first-order valence-electron chi connectivity index (χ1n) is 6.80. The summed E-state index contributed by atoms with van der Waals surface area (Å²) in [7, 11) is 0. The molecule has 0 aliphatic carbocycles. The Balaban J connectivity index is 1.82. The number of rotatable bonds is 6. The van der Waals surface area contributed by atoms with Gasteiger partial charge in [0.1, 0.15) is 0 Å². The monoisotopic (exact) mass is 275 g/mol. The second-order valence-corrected chi connectivity index (χ2v) is 5.24. The molecule has 1 amide bonds. The van der Waals surface area contributed by atoms with Crippen LogP contribution in [0.1, 0.15) is 20.3 Å². The van der Waals surface area contributed by atoms with Gasteiger partial charge in [-0.25, -0.2) is 4.98 Å². The highest BCUT2D eigenvalue weighted by Crippen LogP contribution is 2.16. The summed E-state index contributed by atoms with van der Waals surface area (Å²) in [5.74, 6) is 1.17. The molecule has 0 unspecified atom stereocenters. The molecule has 0 atom stereocenters. The van der Waals surface area contributed by atoms with Gasteiger partial charge in [0.25, 0.3) is 0 Å². The summed E-state index contributed by atoms with van der Waals surface area (Å²) in [6.45, 7) is 5.39. The number of H-pyrrole nitrogens is 1. The summed E-state index contributed by atoms with van der Waals surface area (Å²) in [4.78, 5) is 19.1. The molecule has 2 rings (SSSR count). The molecule has 0 aliphatic heterocycles. The number of nitrogens with one attached hydrogen (secondary N) is 3. The lowest BCUT2D eigenvalue weighted by molar-refractivity contribution is -0.120. The Hall–Kier alpha value is -2.24. The smallest absolute Gasteiger partial charge is 0.221 e. The van der Waals surface area contributed by atoms with Crippen LogP contribution in [0.5, 0.6) is 0 Å². The summed E-state index contributed by atoms with van der Waals surface area (Å²) in [6.07, 6.45) is 0.423. The maximum Gasteiger partial charge on any atom is 0.221 e. The van der Waals surface area contributed by atoms with Crippen molar-refractivity contribution in [1.29, 1.82) is 0 Å². The highest BCUT2D eigenvalue weighted by molar-refractivity contribution is 5.81. The number of fused-ring (bicyclic) bond motifs is 1. The number of hydrogen-bond acceptors (Lipinski definition) is 4. The van der Waals surface area contributed by atoms with Crippen molar-refractivity contribution in [3.8, 4) is 0 Å². The van der Waals surface area contributed by atoms with Crippen LogP contribution in [-0.2, 0) is 4.79 Å². The third-order valence-corrected chi connectivity index (χ3v) is 2.86. The van der Waals surface area contributed by atoms with Crippen molar-refractivity contribution in [2.24, 2.45) is 5.92 Å². The third-order valence-electron chi connectivity index (χ3n) is 2.86. The van der Waals surface area contributed by atoms with Crippen LogP contribution < -0.4 is 16.4 Å². The zero-order valence-electron chi connectivity index (χ0n) is 11.9. The maximum absolute atomic E-state index is 11.6. The number of nitrogen functional groups attached to an aromatic ring is 1. The summed E-state index contributed by atoms with van der Waals surface area (Å²) < 4.78 is 0. The number of nitrogens with zero attached hydrogens (tertiary/aromatic N) is 1. The van der Waals surface area contributed by atoms with E-state index in [2.05, 4.69) is 34.4 Å². The van der Waals surface area contributed by atoms with E-state index in [1.165, 1.54) is 0 Å². The van der Waals surface area contributed by atoms with E-state index < -0.39 is 0 Å². The molecule has 0 saturated carbocycles. The lowest BCUT2D eigenvalue weighted by Gasteiger charge is -2.07. The van der Waals surface area contributed by atoms with Crippen LogP contribution in [0.4, 0.5) is 11.6 Å². The average Bonchev–Trinajstić information content (AvgIpc) is 2.78. The molecule has 1 aromatic carbocycles. The molecule has 0 aliphatic rings. The molecule has 5 N–H and O–H groups in total. The van der Waals surface area contributed by atoms with Crippen LogP contribution in [0.3, 0.4) is 0 Å². The lowest BCUT2D eigenvalue weighted by Crippen LogP contribution is -2.28. The van der Waals surface area contributed by atoms with Gasteiger partial charge in [-0.05, 0) is 24.1 Å². The Kier molecular flexibility index (Phi) is 4.45. The SMILES string of the molecule is CC(C)CNC(=O)CCNc1nc2ccc(N)cc2[nH]1. The Morgan fingerprint density at radius 1 is 1.45 bits per heavy atom. The normalized spacial score (nSPS) is 10.9. The van der Waals surface area contributed by atoms with E-state index >= 15 is 0 Å². The van der Waals surface area contributed by atoms with E-state index in [4.69, 9.17) is 5.73 Å². The predicted molar refractivity (Wildman–Crippen MR) is 81.5 cm³/mol. The van der Waals surface area contributed by atoms with Crippen LogP contribution >= 0.6 is 0 Å². The lowest BCUT2D eigenvalue weighted by atomic mass is 10.2. The Bertz CT molecular complexity index is 590. The first-order valence-corrected chi connectivity index (χ1v) is 6.80. The molecular formula is C14H21N5O. The van der Waals surface area contributed by atoms with Gasteiger partial charge in [-0.15, -0.1) is 0 Å². The highest BCUT2D eigenvalue weighted by Gasteiger charge is 2.05. The summed E-state index contributed by atoms with van der Waals surface area (Å²) >= 11 is 0. The number of amides is 1. The largest absolute Gasteiger partial charge is 0.399 e. The molecule has 0 saturated heterocycles. The van der Waals surface area contributed by atoms with Crippen LogP contribution in [0.2, 0.25) is 0 Å². The van der Waals surface area contributed by atoms with Gasteiger partial charge in [0.2, 0.25) is 11.9 Å². The van der Waals surface area contributed by atoms with Gasteiger partial charge in [-0.3, -0.25) is 4.79 Å². The number of nitrogens with two attached hydrogens (primary N) is 1.